The zero-order chi connectivity index (χ0) is 13.7. The van der Waals surface area contributed by atoms with Crippen LogP contribution in [0.3, 0.4) is 0 Å². The second-order valence-electron chi connectivity index (χ2n) is 4.00. The smallest absolute Gasteiger partial charge is 0.263 e. The number of hydrogen-bond acceptors (Lipinski definition) is 6. The molecule has 0 fully saturated rings. The molecule has 2 rings (SSSR count). The first-order valence-electron chi connectivity index (χ1n) is 5.89. The lowest BCUT2D eigenvalue weighted by Gasteiger charge is -2.10. The molecule has 19 heavy (non-hydrogen) atoms. The highest BCUT2D eigenvalue weighted by Crippen LogP contribution is 2.21. The Morgan fingerprint density at radius 2 is 2.11 bits per heavy atom. The van der Waals surface area contributed by atoms with E-state index in [0.717, 1.165) is 0 Å². The van der Waals surface area contributed by atoms with Gasteiger partial charge in [0.25, 0.3) is 5.91 Å². The standard InChI is InChI=1S/C12H15N5OS/c1-8(13-2)6-16-11(18)9-7-17-12(19-9)10-14-4-3-5-15-10/h3-5,7-8,13H,6H2,1-2H3,(H,16,18). The molecule has 2 N–H and O–H groups in total. The van der Waals surface area contributed by atoms with E-state index in [-0.39, 0.29) is 11.9 Å². The maximum Gasteiger partial charge on any atom is 0.263 e. The second kappa shape index (κ2) is 6.35. The molecule has 0 radical (unpaired) electrons. The fourth-order valence-electron chi connectivity index (χ4n) is 1.33. The number of carbonyl (C=O) groups is 1. The van der Waals surface area contributed by atoms with Gasteiger partial charge in [0.15, 0.2) is 10.8 Å². The van der Waals surface area contributed by atoms with Crippen molar-refractivity contribution in [3.05, 3.63) is 29.5 Å². The summed E-state index contributed by atoms with van der Waals surface area (Å²) in [7, 11) is 1.86. The Kier molecular flexibility index (Phi) is 4.53. The van der Waals surface area contributed by atoms with Gasteiger partial charge >= 0.3 is 0 Å². The van der Waals surface area contributed by atoms with E-state index in [2.05, 4.69) is 25.6 Å². The van der Waals surface area contributed by atoms with Crippen molar-refractivity contribution in [2.45, 2.75) is 13.0 Å². The molecule has 0 saturated carbocycles. The van der Waals surface area contributed by atoms with Crippen molar-refractivity contribution in [1.29, 1.82) is 0 Å². The van der Waals surface area contributed by atoms with Gasteiger partial charge in [-0.25, -0.2) is 15.0 Å². The molecular formula is C12H15N5OS. The lowest BCUT2D eigenvalue weighted by atomic mass is 10.3. The van der Waals surface area contributed by atoms with Crippen molar-refractivity contribution in [2.24, 2.45) is 0 Å². The van der Waals surface area contributed by atoms with Gasteiger partial charge in [0.1, 0.15) is 4.88 Å². The Balaban J connectivity index is 2.03. The fourth-order valence-corrected chi connectivity index (χ4v) is 2.11. The average molecular weight is 277 g/mol. The van der Waals surface area contributed by atoms with E-state index in [4.69, 9.17) is 0 Å². The predicted molar refractivity (Wildman–Crippen MR) is 74.0 cm³/mol. The molecule has 0 aromatic carbocycles. The summed E-state index contributed by atoms with van der Waals surface area (Å²) in [6.07, 6.45) is 4.85. The van der Waals surface area contributed by atoms with Crippen LogP contribution >= 0.6 is 11.3 Å². The number of carbonyl (C=O) groups excluding carboxylic acids is 1. The lowest BCUT2D eigenvalue weighted by molar-refractivity contribution is 0.0954. The molecule has 1 atom stereocenters. The highest BCUT2D eigenvalue weighted by Gasteiger charge is 2.13. The van der Waals surface area contributed by atoms with Crippen LogP contribution in [0.25, 0.3) is 10.8 Å². The molecule has 6 nitrogen and oxygen atoms in total. The van der Waals surface area contributed by atoms with E-state index in [1.54, 1.807) is 24.7 Å². The van der Waals surface area contributed by atoms with E-state index in [1.807, 2.05) is 14.0 Å². The molecule has 0 aliphatic carbocycles. The van der Waals surface area contributed by atoms with Gasteiger partial charge < -0.3 is 10.6 Å². The Labute approximate surface area is 115 Å². The lowest BCUT2D eigenvalue weighted by Crippen LogP contribution is -2.36. The summed E-state index contributed by atoms with van der Waals surface area (Å²) in [5.74, 6) is 0.414. The van der Waals surface area contributed by atoms with Crippen LogP contribution in [0.2, 0.25) is 0 Å². The zero-order valence-electron chi connectivity index (χ0n) is 10.8. The minimum atomic E-state index is -0.123. The number of hydrogen-bond donors (Lipinski definition) is 2. The van der Waals surface area contributed by atoms with Gasteiger partial charge in [-0.2, -0.15) is 0 Å². The highest BCUT2D eigenvalue weighted by atomic mass is 32.1. The monoisotopic (exact) mass is 277 g/mol. The number of thiazole rings is 1. The number of likely N-dealkylation sites (N-methyl/N-ethyl adjacent to an activating group) is 1. The van der Waals surface area contributed by atoms with Crippen molar-refractivity contribution in [3.63, 3.8) is 0 Å². The Morgan fingerprint density at radius 1 is 1.37 bits per heavy atom. The van der Waals surface area contributed by atoms with E-state index in [0.29, 0.717) is 22.3 Å². The van der Waals surface area contributed by atoms with E-state index < -0.39 is 0 Å². The molecule has 2 aromatic heterocycles. The van der Waals surface area contributed by atoms with Crippen molar-refractivity contribution in [2.75, 3.05) is 13.6 Å². The van der Waals surface area contributed by atoms with Crippen molar-refractivity contribution >= 4 is 17.2 Å². The van der Waals surface area contributed by atoms with E-state index in [9.17, 15) is 4.79 Å². The van der Waals surface area contributed by atoms with Gasteiger partial charge in [0.05, 0.1) is 6.20 Å². The Bertz CT molecular complexity index is 542. The third-order valence-corrected chi connectivity index (χ3v) is 3.54. The molecule has 1 amide bonds. The summed E-state index contributed by atoms with van der Waals surface area (Å²) in [5, 5.41) is 6.54. The number of amides is 1. The van der Waals surface area contributed by atoms with Gasteiger partial charge in [-0.3, -0.25) is 4.79 Å². The molecule has 0 spiro atoms. The number of aromatic nitrogens is 3. The van der Waals surface area contributed by atoms with Crippen LogP contribution in [0.5, 0.6) is 0 Å². The maximum absolute atomic E-state index is 11.9. The van der Waals surface area contributed by atoms with Gasteiger partial charge in [0.2, 0.25) is 0 Å². The summed E-state index contributed by atoms with van der Waals surface area (Å²) >= 11 is 1.28. The van der Waals surface area contributed by atoms with Crippen LogP contribution in [0.1, 0.15) is 16.6 Å². The molecular weight excluding hydrogens is 262 g/mol. The average Bonchev–Trinajstić information content (AvgIpc) is 2.95. The Hall–Kier alpha value is -1.86. The van der Waals surface area contributed by atoms with Crippen molar-refractivity contribution in [1.82, 2.24) is 25.6 Å². The normalized spacial score (nSPS) is 12.1. The summed E-state index contributed by atoms with van der Waals surface area (Å²) in [5.41, 5.74) is 0. The molecule has 0 aliphatic heterocycles. The minimum Gasteiger partial charge on any atom is -0.350 e. The summed E-state index contributed by atoms with van der Waals surface area (Å²) in [6, 6.07) is 1.97. The van der Waals surface area contributed by atoms with Crippen LogP contribution in [0.4, 0.5) is 0 Å². The SMILES string of the molecule is CNC(C)CNC(=O)c1cnc(-c2ncccn2)s1. The summed E-state index contributed by atoms with van der Waals surface area (Å²) in [4.78, 5) is 24.8. The first-order valence-corrected chi connectivity index (χ1v) is 6.71. The molecule has 2 aromatic rings. The molecule has 1 unspecified atom stereocenters. The summed E-state index contributed by atoms with van der Waals surface area (Å²) < 4.78 is 0. The predicted octanol–water partition coefficient (Wildman–Crippen LogP) is 0.938. The van der Waals surface area contributed by atoms with Gasteiger partial charge in [-0.1, -0.05) is 0 Å². The number of nitrogens with zero attached hydrogens (tertiary/aromatic N) is 3. The Morgan fingerprint density at radius 3 is 2.79 bits per heavy atom. The first-order chi connectivity index (χ1) is 9.20. The molecule has 0 saturated heterocycles. The minimum absolute atomic E-state index is 0.123. The quantitative estimate of drug-likeness (QED) is 0.850. The second-order valence-corrected chi connectivity index (χ2v) is 5.03. The van der Waals surface area contributed by atoms with Crippen LogP contribution in [-0.4, -0.2) is 40.5 Å². The van der Waals surface area contributed by atoms with Crippen LogP contribution in [0.15, 0.2) is 24.7 Å². The molecule has 100 valence electrons. The number of nitrogens with one attached hydrogen (secondary N) is 2. The first kappa shape index (κ1) is 13.6. The van der Waals surface area contributed by atoms with Gasteiger partial charge in [-0.05, 0) is 20.0 Å². The van der Waals surface area contributed by atoms with Gasteiger partial charge in [-0.15, -0.1) is 11.3 Å². The molecule has 2 heterocycles. The fraction of sp³-hybridized carbons (Fsp3) is 0.333. The van der Waals surface area contributed by atoms with Crippen LogP contribution in [-0.2, 0) is 0 Å². The summed E-state index contributed by atoms with van der Waals surface area (Å²) in [6.45, 7) is 2.57. The van der Waals surface area contributed by atoms with Crippen LogP contribution < -0.4 is 10.6 Å². The largest absolute Gasteiger partial charge is 0.350 e. The van der Waals surface area contributed by atoms with Crippen molar-refractivity contribution in [3.8, 4) is 10.8 Å². The molecule has 7 heteroatoms. The van der Waals surface area contributed by atoms with Gasteiger partial charge in [0, 0.05) is 25.0 Å². The topological polar surface area (TPSA) is 79.8 Å². The molecule has 0 aliphatic rings. The van der Waals surface area contributed by atoms with Crippen molar-refractivity contribution < 1.29 is 4.79 Å². The highest BCUT2D eigenvalue weighted by molar-refractivity contribution is 7.16. The zero-order valence-corrected chi connectivity index (χ0v) is 11.6. The molecule has 0 bridgehead atoms. The van der Waals surface area contributed by atoms with E-state index >= 15 is 0 Å². The van der Waals surface area contributed by atoms with Crippen LogP contribution in [0, 0.1) is 0 Å². The van der Waals surface area contributed by atoms with E-state index in [1.165, 1.54) is 11.3 Å². The third-order valence-electron chi connectivity index (χ3n) is 2.55. The number of rotatable bonds is 5. The maximum atomic E-state index is 11.9. The third kappa shape index (κ3) is 3.55.